The first-order valence-corrected chi connectivity index (χ1v) is 7.55. The molecular weight excluding hydrogens is 426 g/mol. The summed E-state index contributed by atoms with van der Waals surface area (Å²) in [6.07, 6.45) is 0. The van der Waals surface area contributed by atoms with Gasteiger partial charge in [0.05, 0.1) is 0 Å². The van der Waals surface area contributed by atoms with E-state index in [9.17, 15) is 0 Å². The third kappa shape index (κ3) is 4.61. The largest absolute Gasteiger partial charge is 4.00 e. The summed E-state index contributed by atoms with van der Waals surface area (Å²) in [5, 5.41) is 8.05. The Bertz CT molecular complexity index is 963. The second-order valence-corrected chi connectivity index (χ2v) is 5.47. The van der Waals surface area contributed by atoms with Gasteiger partial charge >= 0.3 is 26.2 Å². The van der Waals surface area contributed by atoms with Gasteiger partial charge in [-0.2, -0.15) is 17.5 Å². The second kappa shape index (κ2) is 9.92. The first-order chi connectivity index (χ1) is 10.9. The summed E-state index contributed by atoms with van der Waals surface area (Å²) in [6.45, 7) is 0. The van der Waals surface area contributed by atoms with E-state index in [0.717, 1.165) is 0 Å². The molecule has 0 saturated carbocycles. The Morgan fingerprint density at radius 3 is 1.56 bits per heavy atom. The minimum absolute atomic E-state index is 0. The third-order valence-corrected chi connectivity index (χ3v) is 4.07. The molecule has 5 rings (SSSR count). The predicted molar refractivity (Wildman–Crippen MR) is 96.6 cm³/mol. The molecule has 0 unspecified atom stereocenters. The summed E-state index contributed by atoms with van der Waals surface area (Å²) in [4.78, 5) is 0. The van der Waals surface area contributed by atoms with Crippen molar-refractivity contribution in [1.29, 1.82) is 0 Å². The fraction of sp³-hybridized carbons (Fsp3) is 0. The zero-order valence-electron chi connectivity index (χ0n) is 13.5. The zero-order valence-corrected chi connectivity index (χ0v) is 17.5. The van der Waals surface area contributed by atoms with Gasteiger partial charge in [0.25, 0.3) is 0 Å². The summed E-state index contributed by atoms with van der Waals surface area (Å²) in [5.74, 6) is 0. The number of hydrogen-bond donors (Lipinski definition) is 0. The summed E-state index contributed by atoms with van der Waals surface area (Å²) in [5.41, 5.74) is 0. The fourth-order valence-corrected chi connectivity index (χ4v) is 2.97. The first kappa shape index (κ1) is 21.6. The average Bonchev–Trinajstić information content (AvgIpc) is 3.19. The van der Waals surface area contributed by atoms with Crippen molar-refractivity contribution >= 4 is 32.3 Å². The van der Waals surface area contributed by atoms with E-state index in [2.05, 4.69) is 97.1 Å². The van der Waals surface area contributed by atoms with Crippen LogP contribution in [0.4, 0.5) is 0 Å². The molecule has 5 aromatic carbocycles. The van der Waals surface area contributed by atoms with Crippen molar-refractivity contribution in [3.63, 3.8) is 0 Å². The quantitative estimate of drug-likeness (QED) is 0.302. The number of hydrogen-bond acceptors (Lipinski definition) is 0. The molecule has 0 nitrogen and oxygen atoms in total. The van der Waals surface area contributed by atoms with Crippen LogP contribution in [0.15, 0.2) is 97.1 Å². The van der Waals surface area contributed by atoms with Gasteiger partial charge in [-0.1, -0.05) is 42.5 Å². The van der Waals surface area contributed by atoms with E-state index in [1.807, 2.05) is 0 Å². The van der Waals surface area contributed by atoms with Gasteiger partial charge in [0.2, 0.25) is 0 Å². The molecule has 0 fully saturated rings. The maximum atomic E-state index is 2.24. The molecular formula is C22H16Cl2Zr. The van der Waals surface area contributed by atoms with Crippen LogP contribution < -0.4 is 24.8 Å². The molecule has 3 heteroatoms. The Kier molecular flexibility index (Phi) is 8.59. The number of halogens is 2. The molecule has 122 valence electrons. The van der Waals surface area contributed by atoms with Gasteiger partial charge in [-0.05, 0) is 0 Å². The van der Waals surface area contributed by atoms with Crippen molar-refractivity contribution in [1.82, 2.24) is 0 Å². The van der Waals surface area contributed by atoms with Crippen molar-refractivity contribution in [2.75, 3.05) is 0 Å². The van der Waals surface area contributed by atoms with E-state index >= 15 is 0 Å². The monoisotopic (exact) mass is 440 g/mol. The Hall–Kier alpha value is -1.40. The average molecular weight is 443 g/mol. The molecule has 0 heterocycles. The van der Waals surface area contributed by atoms with Crippen molar-refractivity contribution < 1.29 is 51.0 Å². The van der Waals surface area contributed by atoms with E-state index in [4.69, 9.17) is 0 Å². The maximum Gasteiger partial charge on any atom is 4.00 e. The van der Waals surface area contributed by atoms with Crippen LogP contribution in [0.3, 0.4) is 0 Å². The van der Waals surface area contributed by atoms with Crippen LogP contribution in [-0.4, -0.2) is 0 Å². The summed E-state index contributed by atoms with van der Waals surface area (Å²) in [7, 11) is 0. The van der Waals surface area contributed by atoms with E-state index in [1.165, 1.54) is 32.3 Å². The second-order valence-electron chi connectivity index (χ2n) is 5.47. The molecule has 0 N–H and O–H groups in total. The Morgan fingerprint density at radius 2 is 1.00 bits per heavy atom. The van der Waals surface area contributed by atoms with Gasteiger partial charge < -0.3 is 24.8 Å². The fourth-order valence-electron chi connectivity index (χ4n) is 2.97. The Labute approximate surface area is 179 Å². The molecule has 0 spiro atoms. The molecule has 0 bridgehead atoms. The molecule has 0 atom stereocenters. The van der Waals surface area contributed by atoms with Crippen LogP contribution in [-0.2, 0) is 26.2 Å². The van der Waals surface area contributed by atoms with Crippen molar-refractivity contribution in [3.8, 4) is 0 Å². The van der Waals surface area contributed by atoms with Crippen LogP contribution >= 0.6 is 0 Å². The van der Waals surface area contributed by atoms with Gasteiger partial charge in [-0.3, -0.25) is 0 Å². The number of benzene rings is 3. The van der Waals surface area contributed by atoms with Crippen molar-refractivity contribution in [2.24, 2.45) is 0 Å². The van der Waals surface area contributed by atoms with Crippen molar-refractivity contribution in [2.45, 2.75) is 0 Å². The Balaban J connectivity index is 0.000000234. The Morgan fingerprint density at radius 1 is 0.520 bits per heavy atom. The maximum absolute atomic E-state index is 2.24. The van der Waals surface area contributed by atoms with Crippen LogP contribution in [0.25, 0.3) is 32.3 Å². The van der Waals surface area contributed by atoms with Crippen LogP contribution in [0.2, 0.25) is 0 Å². The first-order valence-electron chi connectivity index (χ1n) is 7.55. The third-order valence-electron chi connectivity index (χ3n) is 4.07. The van der Waals surface area contributed by atoms with Gasteiger partial charge in [-0.25, -0.2) is 0 Å². The van der Waals surface area contributed by atoms with Crippen LogP contribution in [0.1, 0.15) is 0 Å². The summed E-state index contributed by atoms with van der Waals surface area (Å²) < 4.78 is 0. The van der Waals surface area contributed by atoms with Crippen LogP contribution in [0, 0.1) is 0 Å². The molecule has 5 aromatic rings. The molecule has 0 aromatic heterocycles. The normalized spacial score (nSPS) is 9.44. The van der Waals surface area contributed by atoms with E-state index < -0.39 is 0 Å². The van der Waals surface area contributed by atoms with Crippen molar-refractivity contribution in [3.05, 3.63) is 97.1 Å². The standard InChI is InChI=1S/C13H9.C9H7.2ClH.Zr/c1-3-7-12-10(5-1)9-11-6-2-4-8-13(11)12;1-2-5-9-7-3-6-8(9)4-1;;;/h1-9H;1-7H;2*1H;/q2*-1;;;+4/p-2. The van der Waals surface area contributed by atoms with Gasteiger partial charge in [0.15, 0.2) is 0 Å². The summed E-state index contributed by atoms with van der Waals surface area (Å²) in [6, 6.07) is 33.9. The van der Waals surface area contributed by atoms with Gasteiger partial charge in [0.1, 0.15) is 0 Å². The minimum Gasteiger partial charge on any atom is -1.00 e. The summed E-state index contributed by atoms with van der Waals surface area (Å²) >= 11 is 0. The topological polar surface area (TPSA) is 0 Å². The molecule has 0 amide bonds. The number of fused-ring (bicyclic) bond motifs is 4. The number of rotatable bonds is 0. The van der Waals surface area contributed by atoms with Gasteiger partial charge in [0, 0.05) is 0 Å². The molecule has 0 aliphatic rings. The molecule has 0 aliphatic heterocycles. The molecule has 25 heavy (non-hydrogen) atoms. The zero-order chi connectivity index (χ0) is 14.8. The molecule has 0 saturated heterocycles. The molecule has 0 radical (unpaired) electrons. The van der Waals surface area contributed by atoms with E-state index in [1.54, 1.807) is 0 Å². The van der Waals surface area contributed by atoms with E-state index in [-0.39, 0.29) is 51.0 Å². The smallest absolute Gasteiger partial charge is 1.00 e. The van der Waals surface area contributed by atoms with Crippen LogP contribution in [0.5, 0.6) is 0 Å². The SMILES string of the molecule is [Cl-].[Cl-].[Zr+4].c1ccc2[cH-]ccc2c1.c1ccc2c(c1)[cH-]c1ccccc12. The molecule has 0 aliphatic carbocycles. The van der Waals surface area contributed by atoms with Gasteiger partial charge in [-0.15, -0.1) is 69.4 Å². The predicted octanol–water partition coefficient (Wildman–Crippen LogP) is 0.276. The minimum atomic E-state index is 0. The van der Waals surface area contributed by atoms with E-state index in [0.29, 0.717) is 0 Å².